The molecule has 6 nitrogen and oxygen atoms in total. The summed E-state index contributed by atoms with van der Waals surface area (Å²) in [6.45, 7) is 1.80. The van der Waals surface area contributed by atoms with Crippen LogP contribution in [0.15, 0.2) is 39.9 Å². The molecular weight excluding hydrogens is 365 g/mol. The zero-order chi connectivity index (χ0) is 17.6. The van der Waals surface area contributed by atoms with Crippen molar-refractivity contribution in [2.75, 3.05) is 24.6 Å². The zero-order valence-corrected chi connectivity index (χ0v) is 14.9. The Labute approximate surface area is 155 Å². The Morgan fingerprint density at radius 2 is 2.08 bits per heavy atom. The molecule has 132 valence electrons. The summed E-state index contributed by atoms with van der Waals surface area (Å²) in [7, 11) is 0. The summed E-state index contributed by atoms with van der Waals surface area (Å²) in [5.74, 6) is 1.37. The van der Waals surface area contributed by atoms with Crippen LogP contribution in [0.25, 0.3) is 0 Å². The van der Waals surface area contributed by atoms with Crippen molar-refractivity contribution in [3.63, 3.8) is 0 Å². The highest BCUT2D eigenvalue weighted by molar-refractivity contribution is 6.35. The molecule has 0 saturated carbocycles. The number of benzene rings is 1. The molecule has 1 fully saturated rings. The van der Waals surface area contributed by atoms with E-state index in [1.807, 2.05) is 12.1 Å². The SMILES string of the molecule is O=C(COc1ccc(Cl)cc1Cl)N/N=C/c1ccc(N2CCCC2)o1. The maximum absolute atomic E-state index is 11.7. The second-order valence-corrected chi connectivity index (χ2v) is 6.37. The minimum Gasteiger partial charge on any atom is -0.482 e. The van der Waals surface area contributed by atoms with E-state index in [4.69, 9.17) is 32.4 Å². The van der Waals surface area contributed by atoms with Crippen molar-refractivity contribution < 1.29 is 13.9 Å². The van der Waals surface area contributed by atoms with Crippen molar-refractivity contribution in [3.05, 3.63) is 46.1 Å². The first-order valence-electron chi connectivity index (χ1n) is 7.86. The van der Waals surface area contributed by atoms with Gasteiger partial charge in [-0.1, -0.05) is 23.2 Å². The van der Waals surface area contributed by atoms with Gasteiger partial charge in [0.05, 0.1) is 11.2 Å². The van der Waals surface area contributed by atoms with Gasteiger partial charge in [0.1, 0.15) is 11.5 Å². The van der Waals surface area contributed by atoms with E-state index in [2.05, 4.69) is 15.4 Å². The van der Waals surface area contributed by atoms with Gasteiger partial charge in [-0.05, 0) is 37.1 Å². The van der Waals surface area contributed by atoms with E-state index in [9.17, 15) is 4.79 Å². The van der Waals surface area contributed by atoms with Crippen molar-refractivity contribution in [2.24, 2.45) is 5.10 Å². The molecule has 3 rings (SSSR count). The van der Waals surface area contributed by atoms with Gasteiger partial charge >= 0.3 is 0 Å². The van der Waals surface area contributed by atoms with Gasteiger partial charge in [-0.3, -0.25) is 4.79 Å². The number of anilines is 1. The van der Waals surface area contributed by atoms with Crippen LogP contribution in [-0.4, -0.2) is 31.8 Å². The molecular formula is C17H17Cl2N3O3. The van der Waals surface area contributed by atoms with E-state index in [0.29, 0.717) is 21.6 Å². The molecule has 0 aliphatic carbocycles. The van der Waals surface area contributed by atoms with Crippen molar-refractivity contribution in [1.29, 1.82) is 0 Å². The Bertz CT molecular complexity index is 770. The lowest BCUT2D eigenvalue weighted by molar-refractivity contribution is -0.123. The number of nitrogens with one attached hydrogen (secondary N) is 1. The predicted molar refractivity (Wildman–Crippen MR) is 97.8 cm³/mol. The first-order valence-corrected chi connectivity index (χ1v) is 8.62. The molecule has 0 spiro atoms. The van der Waals surface area contributed by atoms with E-state index >= 15 is 0 Å². The van der Waals surface area contributed by atoms with Gasteiger partial charge in [0.15, 0.2) is 12.5 Å². The number of hydrazone groups is 1. The number of carbonyl (C=O) groups excluding carboxylic acids is 1. The van der Waals surface area contributed by atoms with Crippen LogP contribution >= 0.6 is 23.2 Å². The second kappa shape index (κ2) is 8.27. The third-order valence-corrected chi connectivity index (χ3v) is 4.19. The molecule has 1 aliphatic heterocycles. The van der Waals surface area contributed by atoms with Crippen molar-refractivity contribution in [3.8, 4) is 5.75 Å². The zero-order valence-electron chi connectivity index (χ0n) is 13.4. The van der Waals surface area contributed by atoms with Gasteiger partial charge in [0.25, 0.3) is 5.91 Å². The van der Waals surface area contributed by atoms with Crippen molar-refractivity contribution >= 4 is 41.2 Å². The second-order valence-electron chi connectivity index (χ2n) is 5.53. The Balaban J connectivity index is 1.46. The lowest BCUT2D eigenvalue weighted by Gasteiger charge is -2.12. The molecule has 0 atom stereocenters. The quantitative estimate of drug-likeness (QED) is 0.611. The minimum absolute atomic E-state index is 0.212. The highest BCUT2D eigenvalue weighted by Gasteiger charge is 2.15. The molecule has 0 bridgehead atoms. The summed E-state index contributed by atoms with van der Waals surface area (Å²) >= 11 is 11.8. The van der Waals surface area contributed by atoms with E-state index in [1.54, 1.807) is 18.2 Å². The summed E-state index contributed by atoms with van der Waals surface area (Å²) in [6.07, 6.45) is 3.81. The summed E-state index contributed by atoms with van der Waals surface area (Å²) in [5, 5.41) is 4.70. The average Bonchev–Trinajstić information content (AvgIpc) is 3.25. The maximum atomic E-state index is 11.7. The lowest BCUT2D eigenvalue weighted by atomic mass is 10.3. The first-order chi connectivity index (χ1) is 12.1. The largest absolute Gasteiger partial charge is 0.482 e. The van der Waals surface area contributed by atoms with Crippen molar-refractivity contribution in [1.82, 2.24) is 5.43 Å². The summed E-state index contributed by atoms with van der Waals surface area (Å²) < 4.78 is 11.0. The van der Waals surface area contributed by atoms with Gasteiger partial charge < -0.3 is 14.1 Å². The van der Waals surface area contributed by atoms with Crippen LogP contribution in [0.3, 0.4) is 0 Å². The number of hydrogen-bond acceptors (Lipinski definition) is 5. The molecule has 8 heteroatoms. The van der Waals surface area contributed by atoms with E-state index < -0.39 is 5.91 Å². The number of halogens is 2. The number of hydrogen-bond donors (Lipinski definition) is 1. The predicted octanol–water partition coefficient (Wildman–Crippen LogP) is 3.72. The fourth-order valence-corrected chi connectivity index (χ4v) is 2.92. The monoisotopic (exact) mass is 381 g/mol. The third kappa shape index (κ3) is 4.90. The van der Waals surface area contributed by atoms with Crippen LogP contribution in [0.2, 0.25) is 10.0 Å². The van der Waals surface area contributed by atoms with Gasteiger partial charge in [0.2, 0.25) is 0 Å². The Hall–Kier alpha value is -2.18. The standard InChI is InChI=1S/C17H17Cl2N3O3/c18-12-3-5-15(14(19)9-12)24-11-16(23)21-20-10-13-4-6-17(25-13)22-7-1-2-8-22/h3-6,9-10H,1-2,7-8,11H2,(H,21,23)/b20-10+. The number of rotatable bonds is 6. The van der Waals surface area contributed by atoms with Gasteiger partial charge in [-0.15, -0.1) is 0 Å². The van der Waals surface area contributed by atoms with Crippen LogP contribution < -0.4 is 15.1 Å². The molecule has 25 heavy (non-hydrogen) atoms. The van der Waals surface area contributed by atoms with Crippen LogP contribution in [0, 0.1) is 0 Å². The Kier molecular flexibility index (Phi) is 5.83. The van der Waals surface area contributed by atoms with Gasteiger partial charge in [0, 0.05) is 24.2 Å². The van der Waals surface area contributed by atoms with E-state index in [1.165, 1.54) is 19.1 Å². The molecule has 1 amide bonds. The summed E-state index contributed by atoms with van der Waals surface area (Å²) in [5.41, 5.74) is 2.37. The van der Waals surface area contributed by atoms with Crippen LogP contribution in [0.1, 0.15) is 18.6 Å². The van der Waals surface area contributed by atoms with Crippen molar-refractivity contribution in [2.45, 2.75) is 12.8 Å². The summed E-state index contributed by atoms with van der Waals surface area (Å²) in [6, 6.07) is 8.49. The molecule has 1 saturated heterocycles. The fourth-order valence-electron chi connectivity index (χ4n) is 2.45. The normalized spacial score (nSPS) is 14.2. The first kappa shape index (κ1) is 17.6. The highest BCUT2D eigenvalue weighted by atomic mass is 35.5. The smallest absolute Gasteiger partial charge is 0.277 e. The number of ether oxygens (including phenoxy) is 1. The van der Waals surface area contributed by atoms with Crippen LogP contribution in [0.4, 0.5) is 5.88 Å². The third-order valence-electron chi connectivity index (χ3n) is 3.66. The number of carbonyl (C=O) groups is 1. The summed E-state index contributed by atoms with van der Waals surface area (Å²) in [4.78, 5) is 13.9. The fraction of sp³-hybridized carbons (Fsp3) is 0.294. The molecule has 1 aromatic heterocycles. The molecule has 1 N–H and O–H groups in total. The Morgan fingerprint density at radius 3 is 2.84 bits per heavy atom. The van der Waals surface area contributed by atoms with Gasteiger partial charge in [-0.2, -0.15) is 5.10 Å². The minimum atomic E-state index is -0.409. The Morgan fingerprint density at radius 1 is 1.28 bits per heavy atom. The molecule has 2 heterocycles. The van der Waals surface area contributed by atoms with E-state index in [0.717, 1.165) is 19.0 Å². The van der Waals surface area contributed by atoms with Crippen LogP contribution in [-0.2, 0) is 4.79 Å². The molecule has 2 aromatic rings. The van der Waals surface area contributed by atoms with Crippen LogP contribution in [0.5, 0.6) is 5.75 Å². The van der Waals surface area contributed by atoms with E-state index in [-0.39, 0.29) is 6.61 Å². The topological polar surface area (TPSA) is 67.1 Å². The molecule has 0 unspecified atom stereocenters. The molecule has 1 aliphatic rings. The number of nitrogens with zero attached hydrogens (tertiary/aromatic N) is 2. The maximum Gasteiger partial charge on any atom is 0.277 e. The number of furan rings is 1. The highest BCUT2D eigenvalue weighted by Crippen LogP contribution is 2.27. The van der Waals surface area contributed by atoms with Gasteiger partial charge in [-0.25, -0.2) is 5.43 Å². The molecule has 0 radical (unpaired) electrons. The number of amides is 1. The average molecular weight is 382 g/mol. The molecule has 1 aromatic carbocycles. The lowest BCUT2D eigenvalue weighted by Crippen LogP contribution is -2.24.